The van der Waals surface area contributed by atoms with Gasteiger partial charge >= 0.3 is 0 Å². The largest absolute Gasteiger partial charge is 0.492 e. The molecule has 120 valence electrons. The lowest BCUT2D eigenvalue weighted by molar-refractivity contribution is 0.323. The Morgan fingerprint density at radius 3 is 2.87 bits per heavy atom. The highest BCUT2D eigenvalue weighted by molar-refractivity contribution is 7.91. The zero-order valence-electron chi connectivity index (χ0n) is 12.5. The van der Waals surface area contributed by atoms with E-state index in [9.17, 15) is 8.42 Å². The molecule has 0 unspecified atom stereocenters. The molecule has 3 aromatic rings. The minimum atomic E-state index is -3.45. The fourth-order valence-corrected chi connectivity index (χ4v) is 4.46. The van der Waals surface area contributed by atoms with Crippen molar-refractivity contribution < 1.29 is 13.2 Å². The predicted molar refractivity (Wildman–Crippen MR) is 91.5 cm³/mol. The molecule has 5 nitrogen and oxygen atoms in total. The lowest BCUT2D eigenvalue weighted by Crippen LogP contribution is -2.27. The highest BCUT2D eigenvalue weighted by Crippen LogP contribution is 2.20. The van der Waals surface area contributed by atoms with Gasteiger partial charge in [0, 0.05) is 23.0 Å². The number of aryl methyl sites for hydroxylation is 1. The summed E-state index contributed by atoms with van der Waals surface area (Å²) in [5.74, 6) is 0.691. The molecule has 0 fully saturated rings. The third-order valence-electron chi connectivity index (χ3n) is 3.22. The fourth-order valence-electron chi connectivity index (χ4n) is 2.12. The topological polar surface area (TPSA) is 68.3 Å². The number of hydrogen-bond donors (Lipinski definition) is 1. The normalized spacial score (nSPS) is 11.7. The Hall–Kier alpha value is -1.96. The number of benzene rings is 1. The number of thiophene rings is 1. The molecule has 0 saturated heterocycles. The first kappa shape index (κ1) is 15.9. The number of hydrogen-bond acceptors (Lipinski definition) is 5. The van der Waals surface area contributed by atoms with E-state index in [4.69, 9.17) is 4.74 Å². The molecule has 0 amide bonds. The Morgan fingerprint density at radius 2 is 2.09 bits per heavy atom. The number of rotatable bonds is 6. The number of pyridine rings is 1. The van der Waals surface area contributed by atoms with Crippen LogP contribution in [-0.2, 0) is 10.0 Å². The minimum Gasteiger partial charge on any atom is -0.492 e. The Bertz CT molecular complexity index is 920. The van der Waals surface area contributed by atoms with Gasteiger partial charge in [0.2, 0.25) is 10.0 Å². The Morgan fingerprint density at radius 1 is 1.22 bits per heavy atom. The van der Waals surface area contributed by atoms with Gasteiger partial charge in [0.25, 0.3) is 0 Å². The smallest absolute Gasteiger partial charge is 0.250 e. The van der Waals surface area contributed by atoms with Gasteiger partial charge in [-0.1, -0.05) is 6.07 Å². The van der Waals surface area contributed by atoms with Crippen LogP contribution in [0.3, 0.4) is 0 Å². The first-order chi connectivity index (χ1) is 11.0. The lowest BCUT2D eigenvalue weighted by atomic mass is 10.2. The van der Waals surface area contributed by atoms with Gasteiger partial charge in [0.15, 0.2) is 0 Å². The van der Waals surface area contributed by atoms with Crippen molar-refractivity contribution in [1.29, 1.82) is 0 Å². The summed E-state index contributed by atoms with van der Waals surface area (Å²) in [6.07, 6.45) is 1.74. The van der Waals surface area contributed by atoms with Crippen LogP contribution in [-0.4, -0.2) is 26.6 Å². The van der Waals surface area contributed by atoms with Crippen LogP contribution in [0.1, 0.15) is 4.88 Å². The third kappa shape index (κ3) is 3.87. The minimum absolute atomic E-state index is 0.213. The molecule has 2 heterocycles. The Kier molecular flexibility index (Phi) is 4.61. The summed E-state index contributed by atoms with van der Waals surface area (Å²) in [7, 11) is -3.45. The summed E-state index contributed by atoms with van der Waals surface area (Å²) >= 11 is 1.25. The first-order valence-electron chi connectivity index (χ1n) is 7.08. The van der Waals surface area contributed by atoms with Crippen LogP contribution in [0.15, 0.2) is 52.9 Å². The van der Waals surface area contributed by atoms with Crippen LogP contribution in [0.25, 0.3) is 10.9 Å². The number of fused-ring (bicyclic) bond motifs is 1. The molecule has 1 aromatic carbocycles. The van der Waals surface area contributed by atoms with Crippen LogP contribution in [0, 0.1) is 6.92 Å². The lowest BCUT2D eigenvalue weighted by Gasteiger charge is -2.08. The summed E-state index contributed by atoms with van der Waals surface area (Å²) in [5.41, 5.74) is 0.897. The number of nitrogens with one attached hydrogen (secondary N) is 1. The molecule has 0 aliphatic heterocycles. The van der Waals surface area contributed by atoms with Gasteiger partial charge in [-0.25, -0.2) is 13.1 Å². The number of nitrogens with zero attached hydrogens (tertiary/aromatic N) is 1. The summed E-state index contributed by atoms with van der Waals surface area (Å²) < 4.78 is 32.6. The standard InChI is InChI=1S/C16H16N2O3S2/c1-12-4-7-16(22-12)23(19,20)18-9-10-21-14-5-6-15-13(11-14)3-2-8-17-15/h2-8,11,18H,9-10H2,1H3. The first-order valence-corrected chi connectivity index (χ1v) is 9.38. The fraction of sp³-hybridized carbons (Fsp3) is 0.188. The van der Waals surface area contributed by atoms with Crippen LogP contribution in [0.2, 0.25) is 0 Å². The molecule has 23 heavy (non-hydrogen) atoms. The van der Waals surface area contributed by atoms with E-state index in [1.807, 2.05) is 37.3 Å². The van der Waals surface area contributed by atoms with Crippen molar-refractivity contribution in [2.45, 2.75) is 11.1 Å². The monoisotopic (exact) mass is 348 g/mol. The van der Waals surface area contributed by atoms with Gasteiger partial charge in [-0.05, 0) is 43.3 Å². The van der Waals surface area contributed by atoms with Gasteiger partial charge < -0.3 is 4.74 Å². The van der Waals surface area contributed by atoms with Crippen molar-refractivity contribution in [3.63, 3.8) is 0 Å². The van der Waals surface area contributed by atoms with E-state index in [0.29, 0.717) is 9.96 Å². The molecule has 0 radical (unpaired) electrons. The summed E-state index contributed by atoms with van der Waals surface area (Å²) in [4.78, 5) is 5.20. The van der Waals surface area contributed by atoms with Gasteiger partial charge in [-0.3, -0.25) is 4.98 Å². The van der Waals surface area contributed by atoms with Crippen LogP contribution in [0.4, 0.5) is 0 Å². The van der Waals surface area contributed by atoms with E-state index in [-0.39, 0.29) is 13.2 Å². The predicted octanol–water partition coefficient (Wildman–Crippen LogP) is 2.96. The molecule has 0 saturated carbocycles. The van der Waals surface area contributed by atoms with Gasteiger partial charge in [-0.15, -0.1) is 11.3 Å². The SMILES string of the molecule is Cc1ccc(S(=O)(=O)NCCOc2ccc3ncccc3c2)s1. The van der Waals surface area contributed by atoms with E-state index < -0.39 is 10.0 Å². The van der Waals surface area contributed by atoms with E-state index in [0.717, 1.165) is 15.8 Å². The second-order valence-corrected chi connectivity index (χ2v) is 8.25. The van der Waals surface area contributed by atoms with Gasteiger partial charge in [0.1, 0.15) is 16.6 Å². The molecule has 0 atom stereocenters. The highest BCUT2D eigenvalue weighted by Gasteiger charge is 2.15. The average Bonchev–Trinajstić information content (AvgIpc) is 2.99. The molecule has 0 aliphatic carbocycles. The maximum absolute atomic E-state index is 12.1. The second-order valence-electron chi connectivity index (χ2n) is 4.97. The number of sulfonamides is 1. The van der Waals surface area contributed by atoms with Gasteiger partial charge in [0.05, 0.1) is 5.52 Å². The van der Waals surface area contributed by atoms with Crippen molar-refractivity contribution in [2.75, 3.05) is 13.2 Å². The van der Waals surface area contributed by atoms with E-state index in [1.54, 1.807) is 18.3 Å². The van der Waals surface area contributed by atoms with E-state index in [2.05, 4.69) is 9.71 Å². The van der Waals surface area contributed by atoms with Crippen molar-refractivity contribution >= 4 is 32.3 Å². The summed E-state index contributed by atoms with van der Waals surface area (Å²) in [6.45, 7) is 2.35. The van der Waals surface area contributed by atoms with Crippen molar-refractivity contribution in [3.8, 4) is 5.75 Å². The van der Waals surface area contributed by atoms with Crippen molar-refractivity contribution in [1.82, 2.24) is 9.71 Å². The third-order valence-corrected chi connectivity index (χ3v) is 6.17. The highest BCUT2D eigenvalue weighted by atomic mass is 32.2. The van der Waals surface area contributed by atoms with E-state index in [1.165, 1.54) is 11.3 Å². The molecular weight excluding hydrogens is 332 g/mol. The van der Waals surface area contributed by atoms with Crippen LogP contribution < -0.4 is 9.46 Å². The Balaban J connectivity index is 1.56. The van der Waals surface area contributed by atoms with E-state index >= 15 is 0 Å². The van der Waals surface area contributed by atoms with Crippen LogP contribution >= 0.6 is 11.3 Å². The molecule has 0 aliphatic rings. The molecule has 1 N–H and O–H groups in total. The maximum atomic E-state index is 12.1. The molecule has 2 aromatic heterocycles. The van der Waals surface area contributed by atoms with Crippen molar-refractivity contribution in [2.24, 2.45) is 0 Å². The molecule has 7 heteroatoms. The number of aromatic nitrogens is 1. The molecule has 0 bridgehead atoms. The Labute approximate surface area is 139 Å². The zero-order chi connectivity index (χ0) is 16.3. The molecule has 0 spiro atoms. The second kappa shape index (κ2) is 6.66. The maximum Gasteiger partial charge on any atom is 0.250 e. The van der Waals surface area contributed by atoms with Crippen LogP contribution in [0.5, 0.6) is 5.75 Å². The summed E-state index contributed by atoms with van der Waals surface area (Å²) in [5, 5.41) is 0.986. The molecule has 3 rings (SSSR count). The zero-order valence-corrected chi connectivity index (χ0v) is 14.2. The van der Waals surface area contributed by atoms with Gasteiger partial charge in [-0.2, -0.15) is 0 Å². The molecular formula is C16H16N2O3S2. The average molecular weight is 348 g/mol. The number of ether oxygens (including phenoxy) is 1. The quantitative estimate of drug-likeness (QED) is 0.696. The summed E-state index contributed by atoms with van der Waals surface area (Å²) in [6, 6.07) is 12.8. The van der Waals surface area contributed by atoms with Crippen molar-refractivity contribution in [3.05, 3.63) is 53.5 Å².